The van der Waals surface area contributed by atoms with Gasteiger partial charge in [-0.3, -0.25) is 0 Å². The molecule has 0 aromatic carbocycles. The largest absolute Gasteiger partial charge is 0.311 e. The van der Waals surface area contributed by atoms with Crippen LogP contribution in [0.25, 0.3) is 0 Å². The molecule has 2 aliphatic heterocycles. The molecule has 0 aliphatic carbocycles. The van der Waals surface area contributed by atoms with Crippen molar-refractivity contribution in [3.05, 3.63) is 0 Å². The summed E-state index contributed by atoms with van der Waals surface area (Å²) in [6, 6.07) is 1.21. The average Bonchev–Trinajstić information content (AvgIpc) is 2.67. The molecule has 2 atom stereocenters. The molecule has 0 saturated carbocycles. The van der Waals surface area contributed by atoms with E-state index in [4.69, 9.17) is 0 Å². The van der Waals surface area contributed by atoms with E-state index >= 15 is 0 Å². The van der Waals surface area contributed by atoms with Gasteiger partial charge in [-0.05, 0) is 32.1 Å². The summed E-state index contributed by atoms with van der Waals surface area (Å²) in [4.78, 5) is 0. The van der Waals surface area contributed by atoms with E-state index in [1.807, 2.05) is 13.8 Å². The third-order valence-electron chi connectivity index (χ3n) is 4.01. The Labute approximate surface area is 110 Å². The summed E-state index contributed by atoms with van der Waals surface area (Å²) in [7, 11) is -3.30. The van der Waals surface area contributed by atoms with Gasteiger partial charge in [-0.1, -0.05) is 13.8 Å². The smallest absolute Gasteiger partial charge is 0.279 e. The topological polar surface area (TPSA) is 61.4 Å². The number of piperidine rings is 1. The van der Waals surface area contributed by atoms with Crippen LogP contribution in [-0.4, -0.2) is 43.9 Å². The molecule has 0 amide bonds. The van der Waals surface area contributed by atoms with Gasteiger partial charge in [0.15, 0.2) is 0 Å². The number of hydrogen-bond acceptors (Lipinski definition) is 3. The first kappa shape index (κ1) is 14.2. The van der Waals surface area contributed by atoms with Crippen LogP contribution in [0.4, 0.5) is 0 Å². The molecule has 106 valence electrons. The Bertz CT molecular complexity index is 360. The zero-order valence-electron chi connectivity index (χ0n) is 11.4. The van der Waals surface area contributed by atoms with E-state index in [1.54, 1.807) is 4.31 Å². The first-order chi connectivity index (χ1) is 8.56. The minimum Gasteiger partial charge on any atom is -0.311 e. The maximum atomic E-state index is 12.2. The molecule has 0 aromatic rings. The highest BCUT2D eigenvalue weighted by Crippen LogP contribution is 2.30. The molecule has 2 unspecified atom stereocenters. The first-order valence-corrected chi connectivity index (χ1v) is 8.53. The molecule has 2 rings (SSSR count). The van der Waals surface area contributed by atoms with Gasteiger partial charge in [0.1, 0.15) is 0 Å². The third-order valence-corrected chi connectivity index (χ3v) is 5.75. The van der Waals surface area contributed by atoms with Crippen molar-refractivity contribution in [3.8, 4) is 0 Å². The van der Waals surface area contributed by atoms with Crippen LogP contribution in [-0.2, 0) is 10.2 Å². The highest BCUT2D eigenvalue weighted by molar-refractivity contribution is 7.87. The van der Waals surface area contributed by atoms with E-state index in [1.165, 1.54) is 12.8 Å². The highest BCUT2D eigenvalue weighted by Gasteiger charge is 2.39. The van der Waals surface area contributed by atoms with Crippen LogP contribution < -0.4 is 10.0 Å². The van der Waals surface area contributed by atoms with Gasteiger partial charge in [0.25, 0.3) is 10.2 Å². The zero-order valence-corrected chi connectivity index (χ0v) is 12.2. The number of fused-ring (bicyclic) bond motifs is 2. The van der Waals surface area contributed by atoms with Crippen molar-refractivity contribution < 1.29 is 8.42 Å². The molecular formula is C12H25N3O2S. The standard InChI is InChI=1S/C12H25N3O2S/c1-3-7-13-18(16,17)15(4-2)12-8-10-5-6-11(9-12)14-10/h10-14H,3-9H2,1-2H3. The zero-order chi connectivity index (χ0) is 13.2. The fourth-order valence-electron chi connectivity index (χ4n) is 3.20. The van der Waals surface area contributed by atoms with E-state index in [9.17, 15) is 8.42 Å². The van der Waals surface area contributed by atoms with Crippen LogP contribution in [0.3, 0.4) is 0 Å². The van der Waals surface area contributed by atoms with Crippen molar-refractivity contribution in [2.45, 2.75) is 64.1 Å². The third kappa shape index (κ3) is 3.04. The van der Waals surface area contributed by atoms with Crippen molar-refractivity contribution in [1.29, 1.82) is 0 Å². The fourth-order valence-corrected chi connectivity index (χ4v) is 4.73. The van der Waals surface area contributed by atoms with Gasteiger partial charge < -0.3 is 5.32 Å². The summed E-state index contributed by atoms with van der Waals surface area (Å²) < 4.78 is 28.8. The molecule has 6 heteroatoms. The Balaban J connectivity index is 2.04. The van der Waals surface area contributed by atoms with Crippen molar-refractivity contribution in [1.82, 2.24) is 14.3 Å². The Kier molecular flexibility index (Phi) is 4.64. The summed E-state index contributed by atoms with van der Waals surface area (Å²) in [5.74, 6) is 0. The Morgan fingerprint density at radius 2 is 1.83 bits per heavy atom. The van der Waals surface area contributed by atoms with Gasteiger partial charge in [0.2, 0.25) is 0 Å². The van der Waals surface area contributed by atoms with Crippen molar-refractivity contribution in [2.75, 3.05) is 13.1 Å². The quantitative estimate of drug-likeness (QED) is 0.755. The Morgan fingerprint density at radius 1 is 1.22 bits per heavy atom. The minimum atomic E-state index is -3.30. The first-order valence-electron chi connectivity index (χ1n) is 7.09. The van der Waals surface area contributed by atoms with Crippen LogP contribution >= 0.6 is 0 Å². The Morgan fingerprint density at radius 3 is 2.33 bits per heavy atom. The van der Waals surface area contributed by atoms with Gasteiger partial charge in [0.05, 0.1) is 0 Å². The van der Waals surface area contributed by atoms with Gasteiger partial charge in [0, 0.05) is 31.2 Å². The molecule has 18 heavy (non-hydrogen) atoms. The molecule has 2 heterocycles. The molecular weight excluding hydrogens is 250 g/mol. The van der Waals surface area contributed by atoms with Crippen LogP contribution in [0.1, 0.15) is 46.0 Å². The predicted octanol–water partition coefficient (Wildman–Crippen LogP) is 0.836. The number of nitrogens with zero attached hydrogens (tertiary/aromatic N) is 1. The summed E-state index contributed by atoms with van der Waals surface area (Å²) in [6.07, 6.45) is 5.13. The van der Waals surface area contributed by atoms with Crippen LogP contribution in [0, 0.1) is 0 Å². The maximum Gasteiger partial charge on any atom is 0.279 e. The summed E-state index contributed by atoms with van der Waals surface area (Å²) in [6.45, 7) is 4.98. The average molecular weight is 275 g/mol. The highest BCUT2D eigenvalue weighted by atomic mass is 32.2. The number of rotatable bonds is 6. The lowest BCUT2D eigenvalue weighted by Gasteiger charge is -2.36. The number of hydrogen-bond donors (Lipinski definition) is 2. The molecule has 2 N–H and O–H groups in total. The van der Waals surface area contributed by atoms with Gasteiger partial charge in [-0.25, -0.2) is 4.72 Å². The van der Waals surface area contributed by atoms with E-state index in [-0.39, 0.29) is 6.04 Å². The maximum absolute atomic E-state index is 12.2. The van der Waals surface area contributed by atoms with Gasteiger partial charge in [-0.15, -0.1) is 0 Å². The summed E-state index contributed by atoms with van der Waals surface area (Å²) in [5.41, 5.74) is 0. The molecule has 2 aliphatic rings. The van der Waals surface area contributed by atoms with Gasteiger partial charge in [-0.2, -0.15) is 12.7 Å². The SMILES string of the molecule is CCCNS(=O)(=O)N(CC)C1CC2CCC(C1)N2. The predicted molar refractivity (Wildman–Crippen MR) is 72.6 cm³/mol. The molecule has 2 saturated heterocycles. The van der Waals surface area contributed by atoms with Crippen LogP contribution in [0.15, 0.2) is 0 Å². The lowest BCUT2D eigenvalue weighted by atomic mass is 10.00. The van der Waals surface area contributed by atoms with Crippen LogP contribution in [0.5, 0.6) is 0 Å². The molecule has 0 spiro atoms. The van der Waals surface area contributed by atoms with E-state index < -0.39 is 10.2 Å². The van der Waals surface area contributed by atoms with E-state index in [0.717, 1.165) is 19.3 Å². The van der Waals surface area contributed by atoms with Crippen molar-refractivity contribution in [2.24, 2.45) is 0 Å². The van der Waals surface area contributed by atoms with Crippen LogP contribution in [0.2, 0.25) is 0 Å². The summed E-state index contributed by atoms with van der Waals surface area (Å²) in [5, 5.41) is 3.55. The fraction of sp³-hybridized carbons (Fsp3) is 1.00. The second kappa shape index (κ2) is 5.86. The summed E-state index contributed by atoms with van der Waals surface area (Å²) >= 11 is 0. The molecule has 0 radical (unpaired) electrons. The van der Waals surface area contributed by atoms with Crippen molar-refractivity contribution >= 4 is 10.2 Å². The van der Waals surface area contributed by atoms with E-state index in [0.29, 0.717) is 25.2 Å². The minimum absolute atomic E-state index is 0.170. The lowest BCUT2D eigenvalue weighted by molar-refractivity contribution is 0.230. The molecule has 5 nitrogen and oxygen atoms in total. The van der Waals surface area contributed by atoms with E-state index in [2.05, 4.69) is 10.0 Å². The monoisotopic (exact) mass is 275 g/mol. The molecule has 2 bridgehead atoms. The van der Waals surface area contributed by atoms with Crippen molar-refractivity contribution in [3.63, 3.8) is 0 Å². The lowest BCUT2D eigenvalue weighted by Crippen LogP contribution is -2.53. The molecule has 0 aromatic heterocycles. The normalized spacial score (nSPS) is 32.1. The van der Waals surface area contributed by atoms with Gasteiger partial charge >= 0.3 is 0 Å². The second-order valence-corrected chi connectivity index (χ2v) is 7.07. The molecule has 2 fully saturated rings. The number of nitrogens with one attached hydrogen (secondary N) is 2. The second-order valence-electron chi connectivity index (χ2n) is 5.37. The Hall–Kier alpha value is -0.170.